The van der Waals surface area contributed by atoms with Gasteiger partial charge in [0.2, 0.25) is 11.8 Å². The standard InChI is InChI=1S/C31H24ClF2N3O3/c32-27-8-6-19(13-26(27)31(35)40)24-2-1-9-36-30(24)28(12-17-10-21(33)15-22(34)11-17)37-29(39)14-20-4-3-18-5-7-23(38)16-25(18)20/h1-2,4-11,13,15-16,28,38H,3,12,14H2,(H2,35,40)(H,37,39)/t28-/m0/s1. The van der Waals surface area contributed by atoms with Gasteiger partial charge in [0.15, 0.2) is 0 Å². The van der Waals surface area contributed by atoms with Gasteiger partial charge in [-0.1, -0.05) is 35.9 Å². The summed E-state index contributed by atoms with van der Waals surface area (Å²) in [5, 5.41) is 13.1. The molecule has 0 saturated heterocycles. The van der Waals surface area contributed by atoms with Gasteiger partial charge in [-0.2, -0.15) is 0 Å². The topological polar surface area (TPSA) is 105 Å². The molecule has 1 atom stereocenters. The van der Waals surface area contributed by atoms with Gasteiger partial charge >= 0.3 is 0 Å². The number of benzene rings is 3. The van der Waals surface area contributed by atoms with Crippen LogP contribution in [0.15, 0.2) is 79.0 Å². The van der Waals surface area contributed by atoms with Crippen LogP contribution in [-0.2, 0) is 17.6 Å². The van der Waals surface area contributed by atoms with Gasteiger partial charge in [-0.15, -0.1) is 0 Å². The number of amides is 2. The number of phenols is 1. The number of primary amides is 1. The summed E-state index contributed by atoms with van der Waals surface area (Å²) in [5.41, 5.74) is 10.1. The number of nitrogens with two attached hydrogens (primary N) is 1. The number of aromatic hydroxyl groups is 1. The zero-order valence-corrected chi connectivity index (χ0v) is 21.9. The number of allylic oxidation sites excluding steroid dienone is 1. The molecule has 40 heavy (non-hydrogen) atoms. The SMILES string of the molecule is NC(=O)c1cc(-c2cccnc2[C@H](Cc2cc(F)cc(F)c2)NC(=O)CC2=CCc3ccc(O)cc32)ccc1Cl. The minimum absolute atomic E-state index is 0.0272. The number of halogens is 3. The van der Waals surface area contributed by atoms with Crippen molar-refractivity contribution in [2.75, 3.05) is 0 Å². The molecule has 4 aromatic rings. The highest BCUT2D eigenvalue weighted by Crippen LogP contribution is 2.34. The van der Waals surface area contributed by atoms with E-state index in [1.165, 1.54) is 12.1 Å². The van der Waals surface area contributed by atoms with Crippen LogP contribution in [0.3, 0.4) is 0 Å². The molecule has 1 aliphatic rings. The van der Waals surface area contributed by atoms with Crippen molar-refractivity contribution in [1.29, 1.82) is 0 Å². The molecule has 5 rings (SSSR count). The maximum absolute atomic E-state index is 14.1. The van der Waals surface area contributed by atoms with E-state index in [1.54, 1.807) is 48.7 Å². The second-order valence-electron chi connectivity index (χ2n) is 9.55. The molecule has 202 valence electrons. The summed E-state index contributed by atoms with van der Waals surface area (Å²) in [4.78, 5) is 29.8. The lowest BCUT2D eigenvalue weighted by Crippen LogP contribution is -2.31. The largest absolute Gasteiger partial charge is 0.508 e. The first-order chi connectivity index (χ1) is 19.2. The summed E-state index contributed by atoms with van der Waals surface area (Å²) in [6.07, 6.45) is 4.20. The zero-order valence-electron chi connectivity index (χ0n) is 21.1. The lowest BCUT2D eigenvalue weighted by atomic mass is 9.94. The summed E-state index contributed by atoms with van der Waals surface area (Å²) in [6.45, 7) is 0. The molecule has 1 heterocycles. The van der Waals surface area contributed by atoms with E-state index in [2.05, 4.69) is 10.3 Å². The Balaban J connectivity index is 1.50. The van der Waals surface area contributed by atoms with Crippen LogP contribution in [0.2, 0.25) is 5.02 Å². The van der Waals surface area contributed by atoms with Crippen molar-refractivity contribution in [2.24, 2.45) is 5.73 Å². The van der Waals surface area contributed by atoms with Crippen LogP contribution in [-0.4, -0.2) is 21.9 Å². The number of nitrogens with one attached hydrogen (secondary N) is 1. The number of aromatic nitrogens is 1. The van der Waals surface area contributed by atoms with E-state index in [-0.39, 0.29) is 35.1 Å². The highest BCUT2D eigenvalue weighted by atomic mass is 35.5. The van der Waals surface area contributed by atoms with Gasteiger partial charge in [0, 0.05) is 17.8 Å². The number of carbonyl (C=O) groups excluding carboxylic acids is 2. The van der Waals surface area contributed by atoms with Gasteiger partial charge < -0.3 is 16.2 Å². The van der Waals surface area contributed by atoms with Crippen LogP contribution in [0.25, 0.3) is 16.7 Å². The number of fused-ring (bicyclic) bond motifs is 1. The van der Waals surface area contributed by atoms with Crippen LogP contribution in [0.5, 0.6) is 5.75 Å². The Hall–Kier alpha value is -4.56. The van der Waals surface area contributed by atoms with E-state index in [0.29, 0.717) is 28.8 Å². The fraction of sp³-hybridized carbons (Fsp3) is 0.129. The molecule has 1 aliphatic carbocycles. The van der Waals surface area contributed by atoms with Crippen molar-refractivity contribution in [2.45, 2.75) is 25.3 Å². The molecule has 3 aromatic carbocycles. The smallest absolute Gasteiger partial charge is 0.250 e. The molecule has 0 radical (unpaired) electrons. The highest BCUT2D eigenvalue weighted by Gasteiger charge is 2.24. The molecular formula is C31H24ClF2N3O3. The quantitative estimate of drug-likeness (QED) is 0.249. The van der Waals surface area contributed by atoms with E-state index < -0.39 is 23.6 Å². The molecule has 1 aromatic heterocycles. The number of phenolic OH excluding ortho intramolecular Hbond substituents is 1. The first kappa shape index (κ1) is 27.0. The Bertz CT molecular complexity index is 1650. The maximum Gasteiger partial charge on any atom is 0.250 e. The van der Waals surface area contributed by atoms with Crippen molar-refractivity contribution >= 4 is 29.0 Å². The van der Waals surface area contributed by atoms with E-state index in [9.17, 15) is 23.5 Å². The molecule has 0 aliphatic heterocycles. The Morgan fingerprint density at radius 1 is 1.02 bits per heavy atom. The second kappa shape index (κ2) is 11.3. The Morgan fingerprint density at radius 3 is 2.55 bits per heavy atom. The van der Waals surface area contributed by atoms with Crippen LogP contribution < -0.4 is 11.1 Å². The van der Waals surface area contributed by atoms with Crippen molar-refractivity contribution < 1.29 is 23.5 Å². The second-order valence-corrected chi connectivity index (χ2v) is 9.96. The minimum Gasteiger partial charge on any atom is -0.508 e. The van der Waals surface area contributed by atoms with Crippen molar-refractivity contribution in [3.8, 4) is 16.9 Å². The summed E-state index contributed by atoms with van der Waals surface area (Å²) in [5.74, 6) is -2.41. The van der Waals surface area contributed by atoms with E-state index in [1.807, 2.05) is 12.1 Å². The summed E-state index contributed by atoms with van der Waals surface area (Å²) in [7, 11) is 0. The number of hydrogen-bond acceptors (Lipinski definition) is 4. The van der Waals surface area contributed by atoms with Crippen LogP contribution in [0.1, 0.15) is 45.2 Å². The van der Waals surface area contributed by atoms with E-state index in [0.717, 1.165) is 22.8 Å². The first-order valence-electron chi connectivity index (χ1n) is 12.5. The number of nitrogens with zero attached hydrogens (tertiary/aromatic N) is 1. The molecule has 0 bridgehead atoms. The van der Waals surface area contributed by atoms with E-state index >= 15 is 0 Å². The average Bonchev–Trinajstić information content (AvgIpc) is 3.29. The minimum atomic E-state index is -0.789. The third-order valence-corrected chi connectivity index (χ3v) is 7.10. The van der Waals surface area contributed by atoms with Gasteiger partial charge in [0.1, 0.15) is 17.4 Å². The lowest BCUT2D eigenvalue weighted by Gasteiger charge is -2.22. The number of pyridine rings is 1. The molecular weight excluding hydrogens is 536 g/mol. The number of hydrogen-bond donors (Lipinski definition) is 3. The zero-order chi connectivity index (χ0) is 28.4. The van der Waals surface area contributed by atoms with Crippen molar-refractivity contribution in [3.63, 3.8) is 0 Å². The first-order valence-corrected chi connectivity index (χ1v) is 12.9. The monoisotopic (exact) mass is 559 g/mol. The maximum atomic E-state index is 14.1. The average molecular weight is 560 g/mol. The molecule has 0 spiro atoms. The Morgan fingerprint density at radius 2 is 1.80 bits per heavy atom. The molecule has 6 nitrogen and oxygen atoms in total. The third kappa shape index (κ3) is 5.87. The fourth-order valence-corrected chi connectivity index (χ4v) is 5.18. The predicted octanol–water partition coefficient (Wildman–Crippen LogP) is 5.91. The summed E-state index contributed by atoms with van der Waals surface area (Å²) >= 11 is 6.15. The van der Waals surface area contributed by atoms with Gasteiger partial charge in [-0.3, -0.25) is 14.6 Å². The van der Waals surface area contributed by atoms with Crippen molar-refractivity contribution in [1.82, 2.24) is 10.3 Å². The molecule has 0 saturated carbocycles. The Kier molecular flexibility index (Phi) is 7.62. The third-order valence-electron chi connectivity index (χ3n) is 6.77. The Labute approximate surface area is 234 Å². The van der Waals surface area contributed by atoms with Gasteiger partial charge in [0.25, 0.3) is 0 Å². The van der Waals surface area contributed by atoms with Gasteiger partial charge in [-0.25, -0.2) is 8.78 Å². The van der Waals surface area contributed by atoms with Crippen LogP contribution in [0.4, 0.5) is 8.78 Å². The van der Waals surface area contributed by atoms with Crippen molar-refractivity contribution in [3.05, 3.63) is 124 Å². The lowest BCUT2D eigenvalue weighted by molar-refractivity contribution is -0.120. The summed E-state index contributed by atoms with van der Waals surface area (Å²) < 4.78 is 28.1. The highest BCUT2D eigenvalue weighted by molar-refractivity contribution is 6.33. The number of rotatable bonds is 8. The molecule has 0 fully saturated rings. The molecule has 4 N–H and O–H groups in total. The molecule has 2 amide bonds. The summed E-state index contributed by atoms with van der Waals surface area (Å²) in [6, 6.07) is 15.7. The molecule has 9 heteroatoms. The fourth-order valence-electron chi connectivity index (χ4n) is 4.97. The van der Waals surface area contributed by atoms with Gasteiger partial charge in [0.05, 0.1) is 28.7 Å². The predicted molar refractivity (Wildman–Crippen MR) is 149 cm³/mol. The number of carbonyl (C=O) groups is 2. The van der Waals surface area contributed by atoms with Gasteiger partial charge in [-0.05, 0) is 83.1 Å². The normalized spacial score (nSPS) is 12.9. The van der Waals surface area contributed by atoms with Crippen LogP contribution >= 0.6 is 11.6 Å². The molecule has 0 unspecified atom stereocenters. The van der Waals surface area contributed by atoms with E-state index in [4.69, 9.17) is 17.3 Å². The van der Waals surface area contributed by atoms with Crippen LogP contribution in [0, 0.1) is 11.6 Å².